The molecule has 1 amide bonds. The Hall–Kier alpha value is -1.90. The lowest BCUT2D eigenvalue weighted by Crippen LogP contribution is -2.44. The van der Waals surface area contributed by atoms with E-state index < -0.39 is 0 Å². The zero-order valence-electron chi connectivity index (χ0n) is 10.9. The SMILES string of the molecule is CN(C(=O)CC1COCCN1)c1ccc(C#N)cc1. The van der Waals surface area contributed by atoms with E-state index in [9.17, 15) is 4.79 Å². The van der Waals surface area contributed by atoms with Crippen LogP contribution in [0.1, 0.15) is 12.0 Å². The number of benzene rings is 1. The lowest BCUT2D eigenvalue weighted by Gasteiger charge is -2.25. The number of hydrogen-bond acceptors (Lipinski definition) is 4. The van der Waals surface area contributed by atoms with Crippen LogP contribution >= 0.6 is 0 Å². The summed E-state index contributed by atoms with van der Waals surface area (Å²) in [7, 11) is 1.74. The number of nitrogens with one attached hydrogen (secondary N) is 1. The highest BCUT2D eigenvalue weighted by Gasteiger charge is 2.19. The van der Waals surface area contributed by atoms with Crippen molar-refractivity contribution in [1.82, 2.24) is 5.32 Å². The van der Waals surface area contributed by atoms with E-state index in [1.165, 1.54) is 0 Å². The van der Waals surface area contributed by atoms with Gasteiger partial charge in [0, 0.05) is 31.7 Å². The summed E-state index contributed by atoms with van der Waals surface area (Å²) in [5, 5.41) is 12.0. The molecule has 19 heavy (non-hydrogen) atoms. The first kappa shape index (κ1) is 13.5. The molecule has 1 unspecified atom stereocenters. The molecule has 0 aromatic heterocycles. The second-order valence-electron chi connectivity index (χ2n) is 4.54. The monoisotopic (exact) mass is 259 g/mol. The van der Waals surface area contributed by atoms with Crippen LogP contribution in [0.3, 0.4) is 0 Å². The lowest BCUT2D eigenvalue weighted by atomic mass is 10.1. The van der Waals surface area contributed by atoms with Crippen LogP contribution in [0.4, 0.5) is 5.69 Å². The standard InChI is InChI=1S/C14H17N3O2/c1-17(13-4-2-11(9-15)3-5-13)14(18)8-12-10-19-7-6-16-12/h2-5,12,16H,6-8,10H2,1H3. The predicted octanol–water partition coefficient (Wildman–Crippen LogP) is 0.900. The van der Waals surface area contributed by atoms with Crippen molar-refractivity contribution in [2.75, 3.05) is 31.7 Å². The van der Waals surface area contributed by atoms with Crippen LogP contribution in [0.2, 0.25) is 0 Å². The molecule has 100 valence electrons. The Morgan fingerprint density at radius 1 is 1.53 bits per heavy atom. The molecule has 1 saturated heterocycles. The molecule has 1 aliphatic heterocycles. The van der Waals surface area contributed by atoms with Gasteiger partial charge in [-0.2, -0.15) is 5.26 Å². The van der Waals surface area contributed by atoms with Crippen molar-refractivity contribution in [3.63, 3.8) is 0 Å². The second-order valence-corrected chi connectivity index (χ2v) is 4.54. The summed E-state index contributed by atoms with van der Waals surface area (Å²) in [4.78, 5) is 13.7. The summed E-state index contributed by atoms with van der Waals surface area (Å²) in [5.74, 6) is 0.0349. The van der Waals surface area contributed by atoms with Crippen LogP contribution in [0.25, 0.3) is 0 Å². The van der Waals surface area contributed by atoms with Gasteiger partial charge in [0.1, 0.15) is 0 Å². The van der Waals surface area contributed by atoms with E-state index in [4.69, 9.17) is 10.00 Å². The smallest absolute Gasteiger partial charge is 0.228 e. The van der Waals surface area contributed by atoms with E-state index in [-0.39, 0.29) is 11.9 Å². The van der Waals surface area contributed by atoms with Crippen LogP contribution in [-0.2, 0) is 9.53 Å². The highest BCUT2D eigenvalue weighted by atomic mass is 16.5. The van der Waals surface area contributed by atoms with Crippen molar-refractivity contribution < 1.29 is 9.53 Å². The van der Waals surface area contributed by atoms with Gasteiger partial charge < -0.3 is 15.0 Å². The first-order valence-corrected chi connectivity index (χ1v) is 6.28. The van der Waals surface area contributed by atoms with Gasteiger partial charge in [0.25, 0.3) is 0 Å². The van der Waals surface area contributed by atoms with Crippen molar-refractivity contribution >= 4 is 11.6 Å². The number of morpholine rings is 1. The fraction of sp³-hybridized carbons (Fsp3) is 0.429. The molecule has 1 aromatic rings. The molecule has 0 aliphatic carbocycles. The number of carbonyl (C=O) groups is 1. The minimum atomic E-state index is 0.0349. The third-order valence-electron chi connectivity index (χ3n) is 3.18. The Labute approximate surface area is 112 Å². The quantitative estimate of drug-likeness (QED) is 0.876. The maximum atomic E-state index is 12.1. The summed E-state index contributed by atoms with van der Waals surface area (Å²) < 4.78 is 5.33. The Morgan fingerprint density at radius 3 is 2.84 bits per heavy atom. The fourth-order valence-electron chi connectivity index (χ4n) is 2.00. The van der Waals surface area contributed by atoms with Crippen LogP contribution in [-0.4, -0.2) is 38.8 Å². The average molecular weight is 259 g/mol. The number of nitrogens with zero attached hydrogens (tertiary/aromatic N) is 2. The zero-order valence-corrected chi connectivity index (χ0v) is 10.9. The number of ether oxygens (including phenoxy) is 1. The topological polar surface area (TPSA) is 65.4 Å². The van der Waals surface area contributed by atoms with Gasteiger partial charge in [-0.3, -0.25) is 4.79 Å². The third kappa shape index (κ3) is 3.53. The van der Waals surface area contributed by atoms with Crippen LogP contribution < -0.4 is 10.2 Å². The van der Waals surface area contributed by atoms with Crippen molar-refractivity contribution in [3.8, 4) is 6.07 Å². The molecule has 5 nitrogen and oxygen atoms in total. The van der Waals surface area contributed by atoms with Crippen LogP contribution in [0, 0.1) is 11.3 Å². The molecule has 1 heterocycles. The molecule has 5 heteroatoms. The number of hydrogen-bond donors (Lipinski definition) is 1. The number of amides is 1. The lowest BCUT2D eigenvalue weighted by molar-refractivity contribution is -0.119. The van der Waals surface area contributed by atoms with Crippen molar-refractivity contribution in [3.05, 3.63) is 29.8 Å². The summed E-state index contributed by atoms with van der Waals surface area (Å²) >= 11 is 0. The van der Waals surface area contributed by atoms with E-state index in [1.54, 1.807) is 36.2 Å². The maximum absolute atomic E-state index is 12.1. The Bertz CT molecular complexity index is 472. The largest absolute Gasteiger partial charge is 0.378 e. The Kier molecular flexibility index (Phi) is 4.50. The molecule has 0 bridgehead atoms. The molecule has 1 atom stereocenters. The summed E-state index contributed by atoms with van der Waals surface area (Å²) in [6.45, 7) is 2.07. The number of nitriles is 1. The summed E-state index contributed by atoms with van der Waals surface area (Å²) in [5.41, 5.74) is 1.38. The number of carbonyl (C=O) groups excluding carboxylic acids is 1. The zero-order chi connectivity index (χ0) is 13.7. The van der Waals surface area contributed by atoms with Gasteiger partial charge in [0.05, 0.1) is 24.8 Å². The molecule has 1 fully saturated rings. The first-order valence-electron chi connectivity index (χ1n) is 6.28. The fourth-order valence-corrected chi connectivity index (χ4v) is 2.00. The highest BCUT2D eigenvalue weighted by Crippen LogP contribution is 2.15. The molecule has 1 aliphatic rings. The van der Waals surface area contributed by atoms with E-state index in [2.05, 4.69) is 11.4 Å². The first-order chi connectivity index (χ1) is 9.20. The van der Waals surface area contributed by atoms with Gasteiger partial charge in [0.2, 0.25) is 5.91 Å². The Morgan fingerprint density at radius 2 is 2.26 bits per heavy atom. The number of rotatable bonds is 3. The van der Waals surface area contributed by atoms with Gasteiger partial charge in [-0.05, 0) is 24.3 Å². The third-order valence-corrected chi connectivity index (χ3v) is 3.18. The second kappa shape index (κ2) is 6.32. The van der Waals surface area contributed by atoms with E-state index in [1.807, 2.05) is 0 Å². The normalized spacial score (nSPS) is 18.6. The maximum Gasteiger partial charge on any atom is 0.228 e. The molecule has 0 saturated carbocycles. The van der Waals surface area contributed by atoms with Gasteiger partial charge >= 0.3 is 0 Å². The molecule has 0 spiro atoms. The average Bonchev–Trinajstić information content (AvgIpc) is 2.47. The minimum Gasteiger partial charge on any atom is -0.378 e. The Balaban J connectivity index is 1.95. The van der Waals surface area contributed by atoms with Gasteiger partial charge in [-0.25, -0.2) is 0 Å². The van der Waals surface area contributed by atoms with Crippen LogP contribution in [0.5, 0.6) is 0 Å². The van der Waals surface area contributed by atoms with Gasteiger partial charge in [0.15, 0.2) is 0 Å². The molecule has 2 rings (SSSR count). The molecular formula is C14H17N3O2. The van der Waals surface area contributed by atoms with Crippen molar-refractivity contribution in [2.24, 2.45) is 0 Å². The number of anilines is 1. The summed E-state index contributed by atoms with van der Waals surface area (Å²) in [6, 6.07) is 9.12. The molecule has 0 radical (unpaired) electrons. The van der Waals surface area contributed by atoms with Crippen molar-refractivity contribution in [2.45, 2.75) is 12.5 Å². The minimum absolute atomic E-state index is 0.0349. The molecular weight excluding hydrogens is 242 g/mol. The van der Waals surface area contributed by atoms with Gasteiger partial charge in [-0.1, -0.05) is 0 Å². The highest BCUT2D eigenvalue weighted by molar-refractivity contribution is 5.93. The van der Waals surface area contributed by atoms with E-state index in [0.29, 0.717) is 25.2 Å². The molecule has 1 N–H and O–H groups in total. The molecule has 1 aromatic carbocycles. The van der Waals surface area contributed by atoms with Gasteiger partial charge in [-0.15, -0.1) is 0 Å². The van der Waals surface area contributed by atoms with Crippen LogP contribution in [0.15, 0.2) is 24.3 Å². The van der Waals surface area contributed by atoms with E-state index >= 15 is 0 Å². The predicted molar refractivity (Wildman–Crippen MR) is 71.8 cm³/mol. The van der Waals surface area contributed by atoms with Crippen molar-refractivity contribution in [1.29, 1.82) is 5.26 Å². The summed E-state index contributed by atoms with van der Waals surface area (Å²) in [6.07, 6.45) is 0.413. The van der Waals surface area contributed by atoms with E-state index in [0.717, 1.165) is 12.2 Å².